The summed E-state index contributed by atoms with van der Waals surface area (Å²) >= 11 is 0. The number of hydrogen-bond donors (Lipinski definition) is 3. The number of phenols is 1. The van der Waals surface area contributed by atoms with Gasteiger partial charge in [0.05, 0.1) is 10.6 Å². The molecule has 8 heteroatoms. The molecule has 3 rings (SSSR count). The summed E-state index contributed by atoms with van der Waals surface area (Å²) in [6.07, 6.45) is 0. The van der Waals surface area contributed by atoms with Gasteiger partial charge >= 0.3 is 0 Å². The molecule has 140 valence electrons. The van der Waals surface area contributed by atoms with E-state index in [9.17, 15) is 18.1 Å². The molecule has 0 spiro atoms. The lowest BCUT2D eigenvalue weighted by Crippen LogP contribution is -2.00. The Morgan fingerprint density at radius 1 is 0.926 bits per heavy atom. The van der Waals surface area contributed by atoms with Crippen LogP contribution in [0.2, 0.25) is 0 Å². The van der Waals surface area contributed by atoms with E-state index in [2.05, 4.69) is 10.2 Å². The van der Waals surface area contributed by atoms with E-state index in [0.717, 1.165) is 17.2 Å². The quantitative estimate of drug-likeness (QED) is 0.342. The van der Waals surface area contributed by atoms with E-state index in [0.29, 0.717) is 16.6 Å². The highest BCUT2D eigenvalue weighted by molar-refractivity contribution is 7.85. The second-order valence-corrected chi connectivity index (χ2v) is 7.84. The SMILES string of the molecule is Cc1cccc(C)c1N=Nc1c(C)cc2cc(S(=O)(=O)O)cc(N)c2c1O. The summed E-state index contributed by atoms with van der Waals surface area (Å²) in [5.74, 6) is -0.195. The van der Waals surface area contributed by atoms with Crippen molar-refractivity contribution in [3.63, 3.8) is 0 Å². The van der Waals surface area contributed by atoms with Gasteiger partial charge in [0.1, 0.15) is 5.69 Å². The first-order valence-electron chi connectivity index (χ1n) is 8.11. The first kappa shape index (κ1) is 18.8. The number of benzene rings is 3. The van der Waals surface area contributed by atoms with Crippen LogP contribution in [0.5, 0.6) is 5.75 Å². The number of rotatable bonds is 3. The molecule has 0 unspecified atom stereocenters. The van der Waals surface area contributed by atoms with E-state index in [4.69, 9.17) is 5.73 Å². The summed E-state index contributed by atoms with van der Waals surface area (Å²) in [5.41, 5.74) is 9.39. The number of phenolic OH excluding ortho intramolecular Hbond substituents is 1. The fraction of sp³-hybridized carbons (Fsp3) is 0.158. The number of aromatic hydroxyl groups is 1. The molecule has 0 aromatic heterocycles. The van der Waals surface area contributed by atoms with E-state index >= 15 is 0 Å². The normalized spacial score (nSPS) is 12.1. The molecule has 3 aromatic carbocycles. The monoisotopic (exact) mass is 385 g/mol. The van der Waals surface area contributed by atoms with Crippen molar-refractivity contribution in [3.05, 3.63) is 53.1 Å². The van der Waals surface area contributed by atoms with Gasteiger partial charge in [0.25, 0.3) is 10.1 Å². The van der Waals surface area contributed by atoms with Crippen LogP contribution in [0.25, 0.3) is 10.8 Å². The predicted octanol–water partition coefficient (Wildman–Crippen LogP) is 4.71. The van der Waals surface area contributed by atoms with Crippen LogP contribution < -0.4 is 5.73 Å². The molecule has 0 saturated heterocycles. The van der Waals surface area contributed by atoms with Gasteiger partial charge in [-0.2, -0.15) is 8.42 Å². The maximum Gasteiger partial charge on any atom is 0.294 e. The number of nitrogen functional groups attached to an aromatic ring is 1. The lowest BCUT2D eigenvalue weighted by molar-refractivity contribution is 0.480. The second kappa shape index (κ2) is 6.64. The lowest BCUT2D eigenvalue weighted by atomic mass is 10.0. The highest BCUT2D eigenvalue weighted by Gasteiger charge is 2.18. The van der Waals surface area contributed by atoms with Gasteiger partial charge in [-0.3, -0.25) is 4.55 Å². The number of nitrogens with zero attached hydrogens (tertiary/aromatic N) is 2. The molecule has 0 amide bonds. The minimum atomic E-state index is -4.41. The van der Waals surface area contributed by atoms with Crippen molar-refractivity contribution < 1.29 is 18.1 Å². The largest absolute Gasteiger partial charge is 0.505 e. The topological polar surface area (TPSA) is 125 Å². The van der Waals surface area contributed by atoms with Gasteiger partial charge in [-0.15, -0.1) is 10.2 Å². The molecule has 7 nitrogen and oxygen atoms in total. The fourth-order valence-corrected chi connectivity index (χ4v) is 3.54. The summed E-state index contributed by atoms with van der Waals surface area (Å²) in [4.78, 5) is -0.337. The lowest BCUT2D eigenvalue weighted by Gasteiger charge is -2.11. The molecule has 4 N–H and O–H groups in total. The first-order chi connectivity index (χ1) is 12.6. The molecular formula is C19H19N3O4S. The summed E-state index contributed by atoms with van der Waals surface area (Å²) in [5, 5.41) is 19.8. The van der Waals surface area contributed by atoms with Crippen molar-refractivity contribution >= 4 is 38.0 Å². The Hall–Kier alpha value is -2.97. The van der Waals surface area contributed by atoms with Gasteiger partial charge in [-0.05, 0) is 61.0 Å². The van der Waals surface area contributed by atoms with Gasteiger partial charge in [0, 0.05) is 11.1 Å². The molecule has 0 fully saturated rings. The predicted molar refractivity (Wildman–Crippen MR) is 105 cm³/mol. The molecule has 0 radical (unpaired) electrons. The van der Waals surface area contributed by atoms with Crippen molar-refractivity contribution in [1.82, 2.24) is 0 Å². The molecule has 0 aliphatic carbocycles. The average Bonchev–Trinajstić information content (AvgIpc) is 2.55. The summed E-state index contributed by atoms with van der Waals surface area (Å²) in [6, 6.07) is 9.75. The molecule has 0 bridgehead atoms. The Morgan fingerprint density at radius 2 is 1.52 bits per heavy atom. The summed E-state index contributed by atoms with van der Waals surface area (Å²) in [7, 11) is -4.41. The standard InChI is InChI=1S/C19H19N3O4S/c1-10-5-4-6-11(2)17(10)21-22-18-12(3)7-13-8-14(27(24,25)26)9-15(20)16(13)19(18)23/h4-9,23H,20H2,1-3H3,(H,24,25,26). The Balaban J connectivity index is 2.21. The number of azo groups is 1. The Bertz CT molecular complexity index is 1180. The van der Waals surface area contributed by atoms with Crippen LogP contribution in [0.1, 0.15) is 16.7 Å². The first-order valence-corrected chi connectivity index (χ1v) is 9.55. The number of aryl methyl sites for hydroxylation is 3. The highest BCUT2D eigenvalue weighted by atomic mass is 32.2. The Labute approximate surface area is 156 Å². The van der Waals surface area contributed by atoms with Crippen LogP contribution >= 0.6 is 0 Å². The molecule has 3 aromatic rings. The maximum absolute atomic E-state index is 11.4. The van der Waals surface area contributed by atoms with Crippen LogP contribution in [0.4, 0.5) is 17.1 Å². The molecule has 0 heterocycles. The van der Waals surface area contributed by atoms with Crippen molar-refractivity contribution in [1.29, 1.82) is 0 Å². The molecule has 0 aliphatic heterocycles. The number of nitrogens with two attached hydrogens (primary N) is 1. The molecule has 0 saturated carbocycles. The zero-order valence-electron chi connectivity index (χ0n) is 15.1. The Morgan fingerprint density at radius 3 is 2.11 bits per heavy atom. The average molecular weight is 385 g/mol. The van der Waals surface area contributed by atoms with E-state index in [-0.39, 0.29) is 27.4 Å². The van der Waals surface area contributed by atoms with E-state index in [1.165, 1.54) is 6.07 Å². The van der Waals surface area contributed by atoms with Crippen LogP contribution in [-0.4, -0.2) is 18.1 Å². The Kier molecular flexibility index (Phi) is 4.63. The van der Waals surface area contributed by atoms with Gasteiger partial charge in [0.15, 0.2) is 5.75 Å². The third-order valence-electron chi connectivity index (χ3n) is 4.37. The van der Waals surface area contributed by atoms with Crippen molar-refractivity contribution in [3.8, 4) is 5.75 Å². The highest BCUT2D eigenvalue weighted by Crippen LogP contribution is 2.42. The van der Waals surface area contributed by atoms with Gasteiger partial charge in [-0.25, -0.2) is 0 Å². The molecular weight excluding hydrogens is 366 g/mol. The zero-order chi connectivity index (χ0) is 19.9. The number of hydrogen-bond acceptors (Lipinski definition) is 6. The van der Waals surface area contributed by atoms with Crippen molar-refractivity contribution in [2.24, 2.45) is 10.2 Å². The smallest absolute Gasteiger partial charge is 0.294 e. The molecule has 27 heavy (non-hydrogen) atoms. The summed E-state index contributed by atoms with van der Waals surface area (Å²) < 4.78 is 32.0. The van der Waals surface area contributed by atoms with Crippen LogP contribution in [0.3, 0.4) is 0 Å². The van der Waals surface area contributed by atoms with Gasteiger partial charge in [-0.1, -0.05) is 18.2 Å². The van der Waals surface area contributed by atoms with E-state index < -0.39 is 10.1 Å². The van der Waals surface area contributed by atoms with Gasteiger partial charge in [0.2, 0.25) is 0 Å². The number of anilines is 1. The third kappa shape index (κ3) is 3.49. The van der Waals surface area contributed by atoms with Gasteiger partial charge < -0.3 is 10.8 Å². The minimum absolute atomic E-state index is 0.0150. The summed E-state index contributed by atoms with van der Waals surface area (Å²) in [6.45, 7) is 5.56. The van der Waals surface area contributed by atoms with Crippen LogP contribution in [0.15, 0.2) is 51.5 Å². The van der Waals surface area contributed by atoms with Crippen LogP contribution in [-0.2, 0) is 10.1 Å². The molecule has 0 aliphatic rings. The second-order valence-electron chi connectivity index (χ2n) is 6.42. The van der Waals surface area contributed by atoms with Crippen LogP contribution in [0, 0.1) is 20.8 Å². The molecule has 0 atom stereocenters. The maximum atomic E-state index is 11.4. The third-order valence-corrected chi connectivity index (χ3v) is 5.20. The fourth-order valence-electron chi connectivity index (χ4n) is 2.99. The van der Waals surface area contributed by atoms with E-state index in [1.54, 1.807) is 13.0 Å². The minimum Gasteiger partial charge on any atom is -0.505 e. The zero-order valence-corrected chi connectivity index (χ0v) is 15.9. The van der Waals surface area contributed by atoms with Crippen molar-refractivity contribution in [2.45, 2.75) is 25.7 Å². The van der Waals surface area contributed by atoms with Crippen molar-refractivity contribution in [2.75, 3.05) is 5.73 Å². The van der Waals surface area contributed by atoms with E-state index in [1.807, 2.05) is 32.0 Å². The number of fused-ring (bicyclic) bond motifs is 1.